The zero-order valence-corrected chi connectivity index (χ0v) is 27.0. The van der Waals surface area contributed by atoms with E-state index >= 15 is 0 Å². The molecule has 3 heteroatoms. The molecule has 0 fully saturated rings. The van der Waals surface area contributed by atoms with Crippen LogP contribution in [0.25, 0.3) is 78.7 Å². The molecule has 236 valence electrons. The van der Waals surface area contributed by atoms with E-state index in [1.54, 1.807) is 6.07 Å². The van der Waals surface area contributed by atoms with Crippen LogP contribution in [0.5, 0.6) is 0 Å². The molecule has 0 atom stereocenters. The van der Waals surface area contributed by atoms with Gasteiger partial charge in [-0.1, -0.05) is 163 Å². The number of fused-ring (bicyclic) bond motifs is 3. The van der Waals surface area contributed by atoms with Gasteiger partial charge in [0.15, 0.2) is 17.5 Å². The second kappa shape index (κ2) is 12.5. The zero-order valence-electron chi connectivity index (χ0n) is 36.0. The molecule has 50 heavy (non-hydrogen) atoms. The van der Waals surface area contributed by atoms with Crippen LogP contribution in [0.1, 0.15) is 29.0 Å². The van der Waals surface area contributed by atoms with Crippen LogP contribution in [0.4, 0.5) is 0 Å². The molecule has 0 saturated carbocycles. The highest BCUT2D eigenvalue weighted by molar-refractivity contribution is 5.90. The van der Waals surface area contributed by atoms with Gasteiger partial charge in [-0.25, -0.2) is 15.0 Å². The second-order valence-corrected chi connectivity index (χ2v) is 12.2. The third kappa shape index (κ3) is 5.49. The lowest BCUT2D eigenvalue weighted by Gasteiger charge is -2.12. The summed E-state index contributed by atoms with van der Waals surface area (Å²) in [5.41, 5.74) is 11.5. The first-order valence-electron chi connectivity index (χ1n) is 20.8. The third-order valence-electron chi connectivity index (χ3n) is 9.06. The van der Waals surface area contributed by atoms with Crippen molar-refractivity contribution in [1.82, 2.24) is 15.0 Å². The van der Waals surface area contributed by atoms with Crippen molar-refractivity contribution in [2.75, 3.05) is 0 Å². The van der Waals surface area contributed by atoms with Gasteiger partial charge < -0.3 is 0 Å². The second-order valence-electron chi connectivity index (χ2n) is 12.2. The van der Waals surface area contributed by atoms with Crippen LogP contribution >= 0.6 is 0 Å². The summed E-state index contributed by atoms with van der Waals surface area (Å²) < 4.78 is 76.4. The fraction of sp³-hybridized carbons (Fsp3) is 0.0426. The largest absolute Gasteiger partial charge is 0.208 e. The number of rotatable bonds is 6. The van der Waals surface area contributed by atoms with Crippen LogP contribution < -0.4 is 0 Å². The topological polar surface area (TPSA) is 38.7 Å². The molecule has 8 aromatic rings. The fourth-order valence-corrected chi connectivity index (χ4v) is 6.72. The molecule has 1 aliphatic carbocycles. The van der Waals surface area contributed by atoms with Gasteiger partial charge in [0.05, 0.1) is 12.3 Å². The first-order valence-corrected chi connectivity index (χ1v) is 16.3. The Labute approximate surface area is 305 Å². The average Bonchev–Trinajstić information content (AvgIpc) is 3.66. The maximum Gasteiger partial charge on any atom is 0.164 e. The van der Waals surface area contributed by atoms with Gasteiger partial charge in [0, 0.05) is 16.7 Å². The monoisotopic (exact) mass is 648 g/mol. The number of hydrogen-bond acceptors (Lipinski definition) is 3. The first kappa shape index (κ1) is 21.5. The Morgan fingerprint density at radius 3 is 1.66 bits per heavy atom. The summed E-state index contributed by atoms with van der Waals surface area (Å²) in [7, 11) is 0. The quantitative estimate of drug-likeness (QED) is 0.180. The van der Waals surface area contributed by atoms with Crippen LogP contribution in [0.2, 0.25) is 0 Å². The van der Waals surface area contributed by atoms with Gasteiger partial charge in [-0.3, -0.25) is 0 Å². The Balaban J connectivity index is 1.16. The summed E-state index contributed by atoms with van der Waals surface area (Å²) in [4.78, 5) is 13.9. The highest BCUT2D eigenvalue weighted by atomic mass is 15.0. The predicted octanol–water partition coefficient (Wildman–Crippen LogP) is 11.8. The smallest absolute Gasteiger partial charge is 0.164 e. The summed E-state index contributed by atoms with van der Waals surface area (Å²) in [5, 5.41) is 0. The minimum atomic E-state index is -0.570. The van der Waals surface area contributed by atoms with E-state index in [4.69, 9.17) is 17.3 Å². The lowest BCUT2D eigenvalue weighted by molar-refractivity contribution is 1.07. The molecule has 3 nitrogen and oxygen atoms in total. The van der Waals surface area contributed by atoms with Gasteiger partial charge in [0.1, 0.15) is 0 Å². The average molecular weight is 649 g/mol. The molecule has 0 radical (unpaired) electrons. The summed E-state index contributed by atoms with van der Waals surface area (Å²) in [5.74, 6) is -0.353. The van der Waals surface area contributed by atoms with Crippen LogP contribution in [0, 0.1) is 6.92 Å². The molecule has 1 heterocycles. The molecule has 9 rings (SSSR count). The van der Waals surface area contributed by atoms with Crippen molar-refractivity contribution < 1.29 is 12.3 Å². The lowest BCUT2D eigenvalue weighted by atomic mass is 9.94. The van der Waals surface area contributed by atoms with Gasteiger partial charge in [-0.2, -0.15) is 0 Å². The van der Waals surface area contributed by atoms with Crippen LogP contribution in [-0.2, 0) is 6.42 Å². The number of aromatic nitrogens is 3. The van der Waals surface area contributed by atoms with Crippen LogP contribution in [0.15, 0.2) is 170 Å². The fourth-order valence-electron chi connectivity index (χ4n) is 6.72. The van der Waals surface area contributed by atoms with Crippen molar-refractivity contribution >= 4 is 0 Å². The van der Waals surface area contributed by atoms with E-state index < -0.39 is 42.3 Å². The van der Waals surface area contributed by atoms with Crippen LogP contribution in [0.3, 0.4) is 0 Å². The number of benzene rings is 7. The molecule has 0 aliphatic heterocycles. The van der Waals surface area contributed by atoms with Crippen molar-refractivity contribution in [2.45, 2.75) is 13.3 Å². The van der Waals surface area contributed by atoms with Gasteiger partial charge in [-0.15, -0.1) is 0 Å². The highest BCUT2D eigenvalue weighted by Gasteiger charge is 2.24. The van der Waals surface area contributed by atoms with Crippen molar-refractivity contribution in [3.8, 4) is 78.7 Å². The number of hydrogen-bond donors (Lipinski definition) is 0. The molecule has 0 amide bonds. The Bertz CT molecular complexity index is 2880. The van der Waals surface area contributed by atoms with E-state index in [-0.39, 0.29) is 46.2 Å². The third-order valence-corrected chi connectivity index (χ3v) is 9.06. The Kier molecular flexibility index (Phi) is 5.39. The molecule has 7 aromatic carbocycles. The highest BCUT2D eigenvalue weighted by Crippen LogP contribution is 2.45. The lowest BCUT2D eigenvalue weighted by Crippen LogP contribution is -2.00. The van der Waals surface area contributed by atoms with Gasteiger partial charge in [-0.05, 0) is 81.1 Å². The summed E-state index contributed by atoms with van der Waals surface area (Å²) in [6, 6.07) is 35.2. The minimum absolute atomic E-state index is 0.0775. The summed E-state index contributed by atoms with van der Waals surface area (Å²) >= 11 is 0. The standard InChI is InChI=1S/C47H33N3/c1-31-12-8-18-37(28-31)46-48-45(35-15-6-3-7-16-35)49-47(50-46)38-19-9-17-36(29-38)40-21-11-23-42-41-22-10-20-39(43(41)30-44(40)42)34-26-24-33(25-27-34)32-13-4-2-5-14-32/h2-29H,30H2,1H3/i3D,6D,7D,8D,12D,15D,16D,18D,28D. The Morgan fingerprint density at radius 1 is 0.420 bits per heavy atom. The summed E-state index contributed by atoms with van der Waals surface area (Å²) in [6.45, 7) is 1.51. The van der Waals surface area contributed by atoms with E-state index in [2.05, 4.69) is 76.7 Å². The molecule has 0 bridgehead atoms. The minimum Gasteiger partial charge on any atom is -0.208 e. The molecular weight excluding hydrogens is 607 g/mol. The van der Waals surface area contributed by atoms with Gasteiger partial charge in [0.25, 0.3) is 0 Å². The maximum absolute atomic E-state index is 8.85. The summed E-state index contributed by atoms with van der Waals surface area (Å²) in [6.07, 6.45) is 0.705. The van der Waals surface area contributed by atoms with Crippen molar-refractivity contribution in [1.29, 1.82) is 0 Å². The SMILES string of the molecule is [2H]c1c([2H])c([2H])c(-c2nc(-c3cccc(-c4cccc5c4Cc4c(-c6ccc(-c7ccccc7)cc6)cccc4-5)c3)nc(-c3c([2H])c([2H])c([2H])c(C)c3[2H])n2)c([2H])c1[2H]. The molecule has 0 unspecified atom stereocenters. The van der Waals surface area contributed by atoms with Crippen molar-refractivity contribution in [2.24, 2.45) is 0 Å². The van der Waals surface area contributed by atoms with Gasteiger partial charge in [0.2, 0.25) is 0 Å². The molecule has 1 aromatic heterocycles. The van der Waals surface area contributed by atoms with E-state index in [1.807, 2.05) is 42.5 Å². The van der Waals surface area contributed by atoms with Crippen LogP contribution in [-0.4, -0.2) is 15.0 Å². The Morgan fingerprint density at radius 2 is 0.940 bits per heavy atom. The van der Waals surface area contributed by atoms with E-state index in [0.29, 0.717) is 12.0 Å². The maximum atomic E-state index is 8.85. The van der Waals surface area contributed by atoms with E-state index in [0.717, 1.165) is 38.9 Å². The molecular formula is C47H33N3. The molecule has 0 N–H and O–H groups in total. The van der Waals surface area contributed by atoms with Crippen molar-refractivity contribution in [3.63, 3.8) is 0 Å². The molecule has 0 saturated heterocycles. The van der Waals surface area contributed by atoms with E-state index in [1.165, 1.54) is 23.6 Å². The zero-order chi connectivity index (χ0) is 41.3. The molecule has 0 spiro atoms. The number of nitrogens with zero attached hydrogens (tertiary/aromatic N) is 3. The normalized spacial score (nSPS) is 14.1. The molecule has 1 aliphatic rings. The van der Waals surface area contributed by atoms with E-state index in [9.17, 15) is 0 Å². The predicted molar refractivity (Wildman–Crippen MR) is 205 cm³/mol. The van der Waals surface area contributed by atoms with Gasteiger partial charge >= 0.3 is 0 Å². The Hall–Kier alpha value is -6.45. The first-order chi connectivity index (χ1) is 28.4. The van der Waals surface area contributed by atoms with Crippen molar-refractivity contribution in [3.05, 3.63) is 186 Å².